The van der Waals surface area contributed by atoms with Gasteiger partial charge in [0, 0.05) is 44.4 Å². The van der Waals surface area contributed by atoms with Crippen LogP contribution in [0, 0.1) is 0 Å². The van der Waals surface area contributed by atoms with Gasteiger partial charge in [-0.1, -0.05) is 17.7 Å². The highest BCUT2D eigenvalue weighted by Gasteiger charge is 2.29. The first-order valence-electron chi connectivity index (χ1n) is 8.15. The number of piperazine rings is 1. The van der Waals surface area contributed by atoms with Gasteiger partial charge in [0.05, 0.1) is 11.0 Å². The standard InChI is InChI=1S/C16H23ClN2O3S/c17-14-4-3-6-16(12-14)23(20,21)19-9-7-18(8-10-19)13-15-5-1-2-11-22-15/h3-4,6,12,15H,1-2,5,7-11,13H2/t15-/m0/s1. The van der Waals surface area contributed by atoms with Crippen LogP contribution in [0.5, 0.6) is 0 Å². The van der Waals surface area contributed by atoms with Crippen LogP contribution < -0.4 is 0 Å². The average Bonchev–Trinajstić information content (AvgIpc) is 2.56. The Morgan fingerprint density at radius 2 is 1.96 bits per heavy atom. The third-order valence-electron chi connectivity index (χ3n) is 4.50. The molecule has 0 unspecified atom stereocenters. The smallest absolute Gasteiger partial charge is 0.243 e. The SMILES string of the molecule is O=S(=O)(c1cccc(Cl)c1)N1CCN(C[C@@H]2CCCCO2)CC1. The van der Waals surface area contributed by atoms with Gasteiger partial charge in [0.1, 0.15) is 0 Å². The van der Waals surface area contributed by atoms with E-state index in [1.165, 1.54) is 12.5 Å². The Bertz CT molecular complexity index is 624. The molecule has 5 nitrogen and oxygen atoms in total. The molecule has 0 N–H and O–H groups in total. The second-order valence-corrected chi connectivity index (χ2v) is 8.53. The van der Waals surface area contributed by atoms with Crippen LogP contribution in [-0.2, 0) is 14.8 Å². The average molecular weight is 359 g/mol. The minimum absolute atomic E-state index is 0.272. The molecule has 23 heavy (non-hydrogen) atoms. The van der Waals surface area contributed by atoms with Gasteiger partial charge >= 0.3 is 0 Å². The minimum atomic E-state index is -3.45. The van der Waals surface area contributed by atoms with Gasteiger partial charge in [-0.2, -0.15) is 4.31 Å². The van der Waals surface area contributed by atoms with Crippen molar-refractivity contribution in [1.29, 1.82) is 0 Å². The van der Waals surface area contributed by atoms with Crippen molar-refractivity contribution in [2.24, 2.45) is 0 Å². The molecule has 2 aliphatic heterocycles. The predicted octanol–water partition coefficient (Wildman–Crippen LogP) is 2.22. The van der Waals surface area contributed by atoms with E-state index in [0.29, 0.717) is 24.2 Å². The molecule has 0 amide bonds. The summed E-state index contributed by atoms with van der Waals surface area (Å²) in [6.45, 7) is 4.29. The van der Waals surface area contributed by atoms with Crippen LogP contribution in [0.3, 0.4) is 0 Å². The molecule has 2 fully saturated rings. The molecular formula is C16H23ClN2O3S. The Morgan fingerprint density at radius 3 is 2.61 bits per heavy atom. The quantitative estimate of drug-likeness (QED) is 0.828. The van der Waals surface area contributed by atoms with Gasteiger partial charge in [0.2, 0.25) is 10.0 Å². The van der Waals surface area contributed by atoms with E-state index in [4.69, 9.17) is 16.3 Å². The molecule has 1 atom stereocenters. The Labute approximate surface area is 143 Å². The maximum Gasteiger partial charge on any atom is 0.243 e. The van der Waals surface area contributed by atoms with E-state index in [2.05, 4.69) is 4.90 Å². The normalized spacial score (nSPS) is 24.7. The lowest BCUT2D eigenvalue weighted by Gasteiger charge is -2.36. The molecule has 0 radical (unpaired) electrons. The second kappa shape index (κ2) is 7.49. The largest absolute Gasteiger partial charge is 0.377 e. The molecule has 1 aromatic rings. The van der Waals surface area contributed by atoms with E-state index >= 15 is 0 Å². The summed E-state index contributed by atoms with van der Waals surface area (Å²) < 4.78 is 32.6. The molecule has 0 aliphatic carbocycles. The van der Waals surface area contributed by atoms with E-state index in [1.807, 2.05) is 0 Å². The van der Waals surface area contributed by atoms with Crippen molar-refractivity contribution < 1.29 is 13.2 Å². The van der Waals surface area contributed by atoms with Crippen LogP contribution in [0.4, 0.5) is 0 Å². The lowest BCUT2D eigenvalue weighted by atomic mass is 10.1. The number of sulfonamides is 1. The number of ether oxygens (including phenoxy) is 1. The monoisotopic (exact) mass is 358 g/mol. The van der Waals surface area contributed by atoms with Crippen molar-refractivity contribution >= 4 is 21.6 Å². The van der Waals surface area contributed by atoms with Crippen molar-refractivity contribution in [2.75, 3.05) is 39.3 Å². The lowest BCUT2D eigenvalue weighted by Crippen LogP contribution is -2.50. The number of hydrogen-bond acceptors (Lipinski definition) is 4. The zero-order valence-corrected chi connectivity index (χ0v) is 14.7. The van der Waals surface area contributed by atoms with E-state index < -0.39 is 10.0 Å². The second-order valence-electron chi connectivity index (χ2n) is 6.15. The van der Waals surface area contributed by atoms with Gasteiger partial charge in [-0.15, -0.1) is 0 Å². The topological polar surface area (TPSA) is 49.9 Å². The molecule has 0 saturated carbocycles. The maximum atomic E-state index is 12.7. The number of rotatable bonds is 4. The number of hydrogen-bond donors (Lipinski definition) is 0. The highest BCUT2D eigenvalue weighted by atomic mass is 35.5. The van der Waals surface area contributed by atoms with E-state index in [9.17, 15) is 8.42 Å². The van der Waals surface area contributed by atoms with Gasteiger partial charge in [-0.3, -0.25) is 4.90 Å². The third kappa shape index (κ3) is 4.25. The van der Waals surface area contributed by atoms with Crippen LogP contribution in [0.2, 0.25) is 5.02 Å². The fourth-order valence-electron chi connectivity index (χ4n) is 3.17. The summed E-state index contributed by atoms with van der Waals surface area (Å²) in [6.07, 6.45) is 3.80. The van der Waals surface area contributed by atoms with Gasteiger partial charge in [0.25, 0.3) is 0 Å². The fourth-order valence-corrected chi connectivity index (χ4v) is 4.89. The van der Waals surface area contributed by atoms with E-state index in [-0.39, 0.29) is 4.90 Å². The Morgan fingerprint density at radius 1 is 1.17 bits per heavy atom. The highest BCUT2D eigenvalue weighted by Crippen LogP contribution is 2.21. The molecule has 3 rings (SSSR count). The predicted molar refractivity (Wildman–Crippen MR) is 90.2 cm³/mol. The molecule has 128 valence electrons. The van der Waals surface area contributed by atoms with Crippen LogP contribution >= 0.6 is 11.6 Å². The lowest BCUT2D eigenvalue weighted by molar-refractivity contribution is -0.0103. The van der Waals surface area contributed by atoms with Gasteiger partial charge in [0.15, 0.2) is 0 Å². The third-order valence-corrected chi connectivity index (χ3v) is 6.63. The Hall–Kier alpha value is -0.660. The van der Waals surface area contributed by atoms with Gasteiger partial charge in [-0.25, -0.2) is 8.42 Å². The maximum absolute atomic E-state index is 12.7. The van der Waals surface area contributed by atoms with Crippen molar-refractivity contribution in [3.8, 4) is 0 Å². The zero-order chi connectivity index (χ0) is 16.3. The molecule has 2 aliphatic rings. The summed E-state index contributed by atoms with van der Waals surface area (Å²) in [5.74, 6) is 0. The van der Waals surface area contributed by atoms with Crippen molar-refractivity contribution in [3.63, 3.8) is 0 Å². The summed E-state index contributed by atoms with van der Waals surface area (Å²) in [7, 11) is -3.45. The van der Waals surface area contributed by atoms with Crippen LogP contribution in [-0.4, -0.2) is 63.1 Å². The minimum Gasteiger partial charge on any atom is -0.377 e. The molecule has 7 heteroatoms. The first-order chi connectivity index (χ1) is 11.1. The van der Waals surface area contributed by atoms with Crippen LogP contribution in [0.15, 0.2) is 29.2 Å². The first-order valence-corrected chi connectivity index (χ1v) is 9.97. The van der Waals surface area contributed by atoms with Gasteiger partial charge < -0.3 is 4.74 Å². The van der Waals surface area contributed by atoms with Crippen molar-refractivity contribution in [3.05, 3.63) is 29.3 Å². The van der Waals surface area contributed by atoms with Crippen molar-refractivity contribution in [1.82, 2.24) is 9.21 Å². The van der Waals surface area contributed by atoms with Crippen LogP contribution in [0.25, 0.3) is 0 Å². The van der Waals surface area contributed by atoms with Crippen molar-refractivity contribution in [2.45, 2.75) is 30.3 Å². The zero-order valence-electron chi connectivity index (χ0n) is 13.2. The molecule has 0 aromatic heterocycles. The Kier molecular flexibility index (Phi) is 5.59. The molecule has 2 heterocycles. The fraction of sp³-hybridized carbons (Fsp3) is 0.625. The van der Waals surface area contributed by atoms with E-state index in [1.54, 1.807) is 22.5 Å². The summed E-state index contributed by atoms with van der Waals surface area (Å²) in [6, 6.07) is 6.47. The molecule has 0 spiro atoms. The summed E-state index contributed by atoms with van der Waals surface area (Å²) in [5, 5.41) is 0.444. The molecule has 1 aromatic carbocycles. The van der Waals surface area contributed by atoms with Crippen LogP contribution in [0.1, 0.15) is 19.3 Å². The van der Waals surface area contributed by atoms with E-state index in [0.717, 1.165) is 39.1 Å². The number of benzene rings is 1. The summed E-state index contributed by atoms with van der Waals surface area (Å²) in [5.41, 5.74) is 0. The molecule has 2 saturated heterocycles. The Balaban J connectivity index is 1.57. The molecule has 0 bridgehead atoms. The number of nitrogens with zero attached hydrogens (tertiary/aromatic N) is 2. The highest BCUT2D eigenvalue weighted by molar-refractivity contribution is 7.89. The number of halogens is 1. The van der Waals surface area contributed by atoms with Gasteiger partial charge in [-0.05, 0) is 37.5 Å². The summed E-state index contributed by atoms with van der Waals surface area (Å²) >= 11 is 5.92. The first kappa shape index (κ1) is 17.2. The summed E-state index contributed by atoms with van der Waals surface area (Å²) in [4.78, 5) is 2.58. The molecular weight excluding hydrogens is 336 g/mol.